The molecule has 0 saturated carbocycles. The van der Waals surface area contributed by atoms with Crippen molar-refractivity contribution in [2.24, 2.45) is 11.5 Å². The fraction of sp³-hybridized carbons (Fsp3) is 0.692. The number of thiocarbonyl (C=S) groups is 1. The van der Waals surface area contributed by atoms with E-state index in [1.165, 1.54) is 13.2 Å². The molecule has 0 fully saturated rings. The Hall–Kier alpha value is -1.34. The van der Waals surface area contributed by atoms with Gasteiger partial charge in [0.05, 0.1) is 12.7 Å². The smallest absolute Gasteiger partial charge is 0.664 e. The van der Waals surface area contributed by atoms with E-state index in [4.69, 9.17) is 33.9 Å². The Morgan fingerprint density at radius 3 is 2.15 bits per heavy atom. The number of likely N-dealkylation sites (N-methyl/N-ethyl adjacent to an activating group) is 1. The number of hydrogen-bond acceptors (Lipinski definition) is 7. The van der Waals surface area contributed by atoms with Crippen molar-refractivity contribution in [3.8, 4) is 0 Å². The fourth-order valence-corrected chi connectivity index (χ4v) is 1.61. The molecule has 1 amide bonds. The normalized spacial score (nSPS) is 14.2. The fourth-order valence-electron chi connectivity index (χ4n) is 1.35. The molecule has 1 unspecified atom stereocenters. The van der Waals surface area contributed by atoms with Gasteiger partial charge in [-0.05, 0) is 19.1 Å². The van der Waals surface area contributed by atoms with Gasteiger partial charge in [-0.1, -0.05) is 6.04 Å². The van der Waals surface area contributed by atoms with Gasteiger partial charge < -0.3 is 47.5 Å². The minimum absolute atomic E-state index is 0. The number of nitrogens with two attached hydrogens (primary N) is 2. The van der Waals surface area contributed by atoms with Crippen LogP contribution < -0.4 is 22.1 Å². The summed E-state index contributed by atoms with van der Waals surface area (Å²) in [5.74, 6) is -2.04. The van der Waals surface area contributed by atoms with Gasteiger partial charge in [0.15, 0.2) is 11.2 Å². The zero-order chi connectivity index (χ0) is 20.0. The van der Waals surface area contributed by atoms with Crippen molar-refractivity contribution in [1.29, 1.82) is 0 Å². The van der Waals surface area contributed by atoms with Crippen LogP contribution in [0, 0.1) is 0 Å². The summed E-state index contributed by atoms with van der Waals surface area (Å²) < 4.78 is 0. The Balaban J connectivity index is -0.000000561. The van der Waals surface area contributed by atoms with Gasteiger partial charge in [-0.15, -0.1) is 6.54 Å². The predicted molar refractivity (Wildman–Crippen MR) is 94.5 cm³/mol. The number of aliphatic carboxylic acids is 1. The van der Waals surface area contributed by atoms with Gasteiger partial charge in [0, 0.05) is 12.5 Å². The number of amides is 1. The topological polar surface area (TPSA) is 202 Å². The number of carbonyl (C=O) groups excluding carboxylic acids is 2. The monoisotopic (exact) mass is 434 g/mol. The van der Waals surface area contributed by atoms with Crippen molar-refractivity contribution in [2.75, 3.05) is 20.2 Å². The van der Waals surface area contributed by atoms with Crippen LogP contribution >= 0.6 is 12.2 Å². The molecular weight excluding hydrogens is 409 g/mol. The molecule has 0 rings (SSSR count). The van der Waals surface area contributed by atoms with Gasteiger partial charge in [-0.3, -0.25) is 4.79 Å². The molecule has 26 heavy (non-hydrogen) atoms. The number of nitrogens with one attached hydrogen (secondary N) is 2. The van der Waals surface area contributed by atoms with Gasteiger partial charge in [-0.2, -0.15) is 7.05 Å². The molecule has 9 N–H and O–H groups in total. The van der Waals surface area contributed by atoms with Gasteiger partial charge in [-0.25, -0.2) is 11.1 Å². The summed E-state index contributed by atoms with van der Waals surface area (Å²) >= 11 is 4.74. The number of carbonyl (C=O) groups is 2. The van der Waals surface area contributed by atoms with Crippen LogP contribution in [0.5, 0.6) is 0 Å². The van der Waals surface area contributed by atoms with Crippen molar-refractivity contribution >= 4 is 35.5 Å². The summed E-state index contributed by atoms with van der Waals surface area (Å²) in [6, 6.07) is -2.55. The minimum atomic E-state index is -1.33. The first kappa shape index (κ1) is 29.4. The minimum Gasteiger partial charge on any atom is -0.664 e. The van der Waals surface area contributed by atoms with E-state index < -0.39 is 30.1 Å². The zero-order valence-corrected chi connectivity index (χ0v) is 16.4. The molecule has 4 atom stereocenters. The zero-order valence-electron chi connectivity index (χ0n) is 14.4. The molecule has 13 heteroatoms. The summed E-state index contributed by atoms with van der Waals surface area (Å²) in [5.41, 5.74) is 10.1. The number of primary amides is 1. The largest absolute Gasteiger partial charge is 2.00 e. The molecule has 0 aromatic carbocycles. The second-order valence-electron chi connectivity index (χ2n) is 4.96. The summed E-state index contributed by atoms with van der Waals surface area (Å²) in [6.07, 6.45) is -0.0222. The third-order valence-electron chi connectivity index (χ3n) is 2.54. The maximum absolute atomic E-state index is 10.7. The van der Waals surface area contributed by atoms with Crippen molar-refractivity contribution in [1.82, 2.24) is 10.6 Å². The van der Waals surface area contributed by atoms with Crippen LogP contribution in [0.25, 0.3) is 5.32 Å². The third kappa shape index (κ3) is 16.1. The number of carboxylic acid groups (broad SMARTS) is 1. The van der Waals surface area contributed by atoms with Crippen LogP contribution in [-0.2, 0) is 31.5 Å². The molecule has 0 aromatic rings. The molecule has 11 nitrogen and oxygen atoms in total. The van der Waals surface area contributed by atoms with Crippen LogP contribution in [0.4, 0.5) is 0 Å². The van der Waals surface area contributed by atoms with Crippen molar-refractivity contribution in [3.63, 3.8) is 0 Å². The summed E-state index contributed by atoms with van der Waals surface area (Å²) in [6.45, 7) is 1.84. The van der Waals surface area contributed by atoms with E-state index >= 15 is 0 Å². The van der Waals surface area contributed by atoms with E-state index in [2.05, 4.69) is 16.0 Å². The Labute approximate surface area is 167 Å². The van der Waals surface area contributed by atoms with Crippen molar-refractivity contribution in [3.05, 3.63) is 5.32 Å². The standard InChI is InChI=1S/C9H14N3O5S.C4H11N2O.Mn/c1-4(14)7(8(16)17)12-9(18)11-5(3-13)2-6(10)15;1-6-2-4(5)3-7;/h4-5,7,14H,2H2,1H3,(H2,10,15)(H,16,17)(H2,11,12,18);4,7H,2-3,5H2,1H3;/q2*-1;+2/t4?,5-,7-;4-;/m01./s1. The predicted octanol–water partition coefficient (Wildman–Crippen LogP) is -3.05. The molecule has 0 aromatic heterocycles. The number of aliphatic hydroxyl groups excluding tert-OH is 2. The third-order valence-corrected chi connectivity index (χ3v) is 2.78. The van der Waals surface area contributed by atoms with E-state index in [0.29, 0.717) is 6.54 Å². The Bertz CT molecular complexity index is 443. The molecular formula is C13H25MnN5O6S. The molecule has 151 valence electrons. The quantitative estimate of drug-likeness (QED) is 0.105. The second-order valence-corrected chi connectivity index (χ2v) is 5.36. The molecule has 0 heterocycles. The van der Waals surface area contributed by atoms with Crippen LogP contribution in [0.1, 0.15) is 13.3 Å². The maximum atomic E-state index is 10.7. The first-order valence-corrected chi connectivity index (χ1v) is 7.55. The van der Waals surface area contributed by atoms with Crippen LogP contribution in [0.15, 0.2) is 0 Å². The molecule has 1 radical (unpaired) electrons. The second kappa shape index (κ2) is 17.1. The molecule has 0 saturated heterocycles. The van der Waals surface area contributed by atoms with Gasteiger partial charge in [0.1, 0.15) is 0 Å². The average Bonchev–Trinajstić information content (AvgIpc) is 2.51. The summed E-state index contributed by atoms with van der Waals surface area (Å²) in [7, 11) is 1.68. The van der Waals surface area contributed by atoms with Crippen LogP contribution in [0.2, 0.25) is 0 Å². The Kier molecular flexibility index (Phi) is 19.3. The van der Waals surface area contributed by atoms with E-state index in [0.717, 1.165) is 0 Å². The first-order chi connectivity index (χ1) is 11.6. The van der Waals surface area contributed by atoms with E-state index in [1.807, 2.05) is 0 Å². The number of hydrogen-bond donors (Lipinski definition) is 7. The summed E-state index contributed by atoms with van der Waals surface area (Å²) in [4.78, 5) is 31.8. The van der Waals surface area contributed by atoms with E-state index in [9.17, 15) is 19.5 Å². The maximum Gasteiger partial charge on any atom is 2.00 e. The van der Waals surface area contributed by atoms with Crippen molar-refractivity contribution in [2.45, 2.75) is 37.6 Å². The van der Waals surface area contributed by atoms with Crippen molar-refractivity contribution < 1.29 is 46.8 Å². The number of nitrogens with zero attached hydrogens (tertiary/aromatic N) is 1. The van der Waals surface area contributed by atoms with E-state index in [-0.39, 0.29) is 41.3 Å². The molecule has 0 aliphatic heterocycles. The summed E-state index contributed by atoms with van der Waals surface area (Å²) in [5, 5.41) is 34.4. The number of aliphatic hydroxyl groups is 2. The number of carboxylic acids is 1. The van der Waals surface area contributed by atoms with Crippen LogP contribution in [-0.4, -0.2) is 83.0 Å². The molecule has 0 spiro atoms. The Morgan fingerprint density at radius 2 is 1.88 bits per heavy atom. The first-order valence-electron chi connectivity index (χ1n) is 7.14. The van der Waals surface area contributed by atoms with Gasteiger partial charge >= 0.3 is 23.0 Å². The van der Waals surface area contributed by atoms with Crippen LogP contribution in [0.3, 0.4) is 0 Å². The molecule has 0 aliphatic carbocycles. The SMILES string of the molecule is CC(O)[C@H](NC(=S)N[C@H]([C-]=O)CC(N)=O)C(=O)O.C[N-]C[C@@H](N)CO.[Mn+2]. The van der Waals surface area contributed by atoms with Gasteiger partial charge in [0.25, 0.3) is 0 Å². The Morgan fingerprint density at radius 1 is 1.35 bits per heavy atom. The van der Waals surface area contributed by atoms with Gasteiger partial charge in [0.2, 0.25) is 5.91 Å². The number of rotatable bonds is 10. The average molecular weight is 434 g/mol. The van der Waals surface area contributed by atoms with E-state index in [1.54, 1.807) is 7.05 Å². The molecule has 0 bridgehead atoms. The molecule has 0 aliphatic rings.